The molecule has 6 nitrogen and oxygen atoms in total. The summed E-state index contributed by atoms with van der Waals surface area (Å²) < 4.78 is 5.30. The standard InChI is InChI=1S/C15H23N3O3/c1-15(2,3)21-13(19)12-6-4-5-11(9-12)10-18-14(20)17-8-7-16/h4-6,9H,7-8,10,16H2,1-3H3,(H2,17,18,20). The van der Waals surface area contributed by atoms with E-state index in [1.165, 1.54) is 0 Å². The second kappa shape index (κ2) is 7.64. The zero-order valence-corrected chi connectivity index (χ0v) is 12.7. The van der Waals surface area contributed by atoms with E-state index >= 15 is 0 Å². The lowest BCUT2D eigenvalue weighted by atomic mass is 10.1. The van der Waals surface area contributed by atoms with Gasteiger partial charge in [0, 0.05) is 19.6 Å². The van der Waals surface area contributed by atoms with Gasteiger partial charge in [-0.05, 0) is 38.5 Å². The number of carbonyl (C=O) groups excluding carboxylic acids is 2. The zero-order valence-electron chi connectivity index (χ0n) is 12.7. The second-order valence-corrected chi connectivity index (χ2v) is 5.60. The number of urea groups is 1. The Morgan fingerprint density at radius 3 is 2.57 bits per heavy atom. The summed E-state index contributed by atoms with van der Waals surface area (Å²) in [5.41, 5.74) is 6.04. The van der Waals surface area contributed by atoms with Crippen LogP contribution in [0.2, 0.25) is 0 Å². The molecule has 0 aliphatic carbocycles. The van der Waals surface area contributed by atoms with Crippen molar-refractivity contribution in [1.82, 2.24) is 10.6 Å². The molecule has 4 N–H and O–H groups in total. The fraction of sp³-hybridized carbons (Fsp3) is 0.467. The van der Waals surface area contributed by atoms with Crippen LogP contribution in [0.1, 0.15) is 36.7 Å². The molecule has 0 heterocycles. The minimum atomic E-state index is -0.534. The first kappa shape index (κ1) is 17.0. The highest BCUT2D eigenvalue weighted by Crippen LogP contribution is 2.13. The number of benzene rings is 1. The molecule has 0 aromatic heterocycles. The number of amides is 2. The van der Waals surface area contributed by atoms with E-state index in [9.17, 15) is 9.59 Å². The van der Waals surface area contributed by atoms with Crippen LogP contribution < -0.4 is 16.4 Å². The molecule has 0 aliphatic heterocycles. The fourth-order valence-corrected chi connectivity index (χ4v) is 1.58. The van der Waals surface area contributed by atoms with Crippen LogP contribution in [0.3, 0.4) is 0 Å². The van der Waals surface area contributed by atoms with Crippen LogP contribution in [-0.4, -0.2) is 30.7 Å². The smallest absolute Gasteiger partial charge is 0.338 e. The van der Waals surface area contributed by atoms with Crippen molar-refractivity contribution in [3.05, 3.63) is 35.4 Å². The topological polar surface area (TPSA) is 93.4 Å². The summed E-state index contributed by atoms with van der Waals surface area (Å²) in [4.78, 5) is 23.4. The number of hydrogen-bond donors (Lipinski definition) is 3. The number of nitrogens with one attached hydrogen (secondary N) is 2. The molecular formula is C15H23N3O3. The molecule has 1 aromatic rings. The molecule has 0 radical (unpaired) electrons. The quantitative estimate of drug-likeness (QED) is 0.715. The Morgan fingerprint density at radius 1 is 1.24 bits per heavy atom. The zero-order chi connectivity index (χ0) is 15.9. The third-order valence-corrected chi connectivity index (χ3v) is 2.44. The molecule has 2 amide bonds. The molecule has 0 saturated carbocycles. The monoisotopic (exact) mass is 293 g/mol. The van der Waals surface area contributed by atoms with Gasteiger partial charge in [0.15, 0.2) is 0 Å². The summed E-state index contributed by atoms with van der Waals surface area (Å²) in [7, 11) is 0. The highest BCUT2D eigenvalue weighted by Gasteiger charge is 2.17. The van der Waals surface area contributed by atoms with Crippen LogP contribution in [-0.2, 0) is 11.3 Å². The molecule has 0 aliphatic rings. The van der Waals surface area contributed by atoms with Gasteiger partial charge in [-0.1, -0.05) is 12.1 Å². The van der Waals surface area contributed by atoms with E-state index in [0.29, 0.717) is 25.2 Å². The van der Waals surface area contributed by atoms with Crippen LogP contribution in [0.4, 0.5) is 4.79 Å². The van der Waals surface area contributed by atoms with Gasteiger partial charge in [-0.2, -0.15) is 0 Å². The van der Waals surface area contributed by atoms with E-state index in [1.807, 2.05) is 26.8 Å². The van der Waals surface area contributed by atoms with Gasteiger partial charge in [0.25, 0.3) is 0 Å². The summed E-state index contributed by atoms with van der Waals surface area (Å²) in [6.45, 7) is 6.59. The third-order valence-electron chi connectivity index (χ3n) is 2.44. The molecule has 0 saturated heterocycles. The number of carbonyl (C=O) groups is 2. The van der Waals surface area contributed by atoms with Gasteiger partial charge in [0.2, 0.25) is 0 Å². The minimum absolute atomic E-state index is 0.289. The number of esters is 1. The lowest BCUT2D eigenvalue weighted by Gasteiger charge is -2.19. The molecule has 1 aromatic carbocycles. The summed E-state index contributed by atoms with van der Waals surface area (Å²) >= 11 is 0. The maximum atomic E-state index is 12.0. The number of rotatable bonds is 5. The maximum absolute atomic E-state index is 12.0. The molecule has 0 atom stereocenters. The van der Waals surface area contributed by atoms with Crippen molar-refractivity contribution in [2.45, 2.75) is 32.9 Å². The van der Waals surface area contributed by atoms with E-state index in [0.717, 1.165) is 5.56 Å². The van der Waals surface area contributed by atoms with Gasteiger partial charge in [-0.15, -0.1) is 0 Å². The second-order valence-electron chi connectivity index (χ2n) is 5.60. The van der Waals surface area contributed by atoms with Crippen molar-refractivity contribution in [3.8, 4) is 0 Å². The Morgan fingerprint density at radius 2 is 1.95 bits per heavy atom. The highest BCUT2D eigenvalue weighted by atomic mass is 16.6. The Hall–Kier alpha value is -2.08. The molecule has 1 rings (SSSR count). The van der Waals surface area contributed by atoms with Crippen molar-refractivity contribution in [2.24, 2.45) is 5.73 Å². The first-order valence-electron chi connectivity index (χ1n) is 6.86. The molecule has 0 unspecified atom stereocenters. The molecular weight excluding hydrogens is 270 g/mol. The van der Waals surface area contributed by atoms with E-state index in [4.69, 9.17) is 10.5 Å². The Bertz CT molecular complexity index is 495. The van der Waals surface area contributed by atoms with E-state index in [1.54, 1.807) is 18.2 Å². The van der Waals surface area contributed by atoms with Gasteiger partial charge in [-0.3, -0.25) is 0 Å². The lowest BCUT2D eigenvalue weighted by Crippen LogP contribution is -2.37. The summed E-state index contributed by atoms with van der Waals surface area (Å²) in [5.74, 6) is -0.378. The molecule has 21 heavy (non-hydrogen) atoms. The van der Waals surface area contributed by atoms with Crippen molar-refractivity contribution in [2.75, 3.05) is 13.1 Å². The van der Waals surface area contributed by atoms with Gasteiger partial charge in [0.1, 0.15) is 5.60 Å². The van der Waals surface area contributed by atoms with Gasteiger partial charge in [-0.25, -0.2) is 9.59 Å². The largest absolute Gasteiger partial charge is 0.456 e. The van der Waals surface area contributed by atoms with Crippen LogP contribution >= 0.6 is 0 Å². The van der Waals surface area contributed by atoms with E-state index in [-0.39, 0.29) is 12.0 Å². The predicted octanol–water partition coefficient (Wildman–Crippen LogP) is 1.40. The predicted molar refractivity (Wildman–Crippen MR) is 80.9 cm³/mol. The number of nitrogens with two attached hydrogens (primary N) is 1. The van der Waals surface area contributed by atoms with Crippen molar-refractivity contribution in [1.29, 1.82) is 0 Å². The molecule has 0 spiro atoms. The van der Waals surface area contributed by atoms with Gasteiger partial charge in [0.05, 0.1) is 5.56 Å². The van der Waals surface area contributed by atoms with Crippen LogP contribution in [0.25, 0.3) is 0 Å². The first-order chi connectivity index (χ1) is 9.81. The Kier molecular flexibility index (Phi) is 6.17. The van der Waals surface area contributed by atoms with Gasteiger partial charge < -0.3 is 21.1 Å². The third kappa shape index (κ3) is 6.76. The van der Waals surface area contributed by atoms with Crippen molar-refractivity contribution in [3.63, 3.8) is 0 Å². The highest BCUT2D eigenvalue weighted by molar-refractivity contribution is 5.89. The summed E-state index contributed by atoms with van der Waals surface area (Å²) in [6, 6.07) is 6.69. The fourth-order valence-electron chi connectivity index (χ4n) is 1.58. The molecule has 116 valence electrons. The number of ether oxygens (including phenoxy) is 1. The first-order valence-corrected chi connectivity index (χ1v) is 6.86. The van der Waals surface area contributed by atoms with Crippen LogP contribution in [0.15, 0.2) is 24.3 Å². The molecule has 0 fully saturated rings. The van der Waals surface area contributed by atoms with E-state index < -0.39 is 5.60 Å². The Labute approximate surface area is 125 Å². The average molecular weight is 293 g/mol. The van der Waals surface area contributed by atoms with Crippen molar-refractivity contribution < 1.29 is 14.3 Å². The van der Waals surface area contributed by atoms with Crippen LogP contribution in [0.5, 0.6) is 0 Å². The summed E-state index contributed by atoms with van der Waals surface area (Å²) in [6.07, 6.45) is 0. The van der Waals surface area contributed by atoms with Crippen molar-refractivity contribution >= 4 is 12.0 Å². The number of hydrogen-bond acceptors (Lipinski definition) is 4. The lowest BCUT2D eigenvalue weighted by molar-refractivity contribution is 0.00694. The molecule has 6 heteroatoms. The minimum Gasteiger partial charge on any atom is -0.456 e. The van der Waals surface area contributed by atoms with Gasteiger partial charge >= 0.3 is 12.0 Å². The molecule has 0 bridgehead atoms. The maximum Gasteiger partial charge on any atom is 0.338 e. The normalized spacial score (nSPS) is 10.9. The van der Waals surface area contributed by atoms with Crippen LogP contribution in [0, 0.1) is 0 Å². The SMILES string of the molecule is CC(C)(C)OC(=O)c1cccc(CNC(=O)NCCN)c1. The summed E-state index contributed by atoms with van der Waals surface area (Å²) in [5, 5.41) is 5.29. The van der Waals surface area contributed by atoms with E-state index in [2.05, 4.69) is 10.6 Å². The Balaban J connectivity index is 2.60. The average Bonchev–Trinajstić information content (AvgIpc) is 2.41.